The van der Waals surface area contributed by atoms with Crippen molar-refractivity contribution in [2.45, 2.75) is 58.0 Å². The number of carbonyl (C=O) groups is 3. The van der Waals surface area contributed by atoms with E-state index in [2.05, 4.69) is 5.32 Å². The van der Waals surface area contributed by atoms with Crippen LogP contribution in [0.5, 0.6) is 0 Å². The first kappa shape index (κ1) is 23.8. The highest BCUT2D eigenvalue weighted by Gasteiger charge is 2.55. The van der Waals surface area contributed by atoms with Gasteiger partial charge in [0, 0.05) is 18.5 Å². The minimum atomic E-state index is -0.959. The van der Waals surface area contributed by atoms with Gasteiger partial charge in [0.15, 0.2) is 6.04 Å². The number of benzene rings is 1. The fourth-order valence-electron chi connectivity index (χ4n) is 3.95. The van der Waals surface area contributed by atoms with E-state index in [4.69, 9.17) is 18.9 Å². The third-order valence-corrected chi connectivity index (χ3v) is 5.51. The summed E-state index contributed by atoms with van der Waals surface area (Å²) in [5, 5.41) is 2.50. The minimum Gasteiger partial charge on any atom is -0.467 e. The molecule has 9 nitrogen and oxygen atoms in total. The number of nitrogens with zero attached hydrogens (tertiary/aromatic N) is 1. The van der Waals surface area contributed by atoms with E-state index in [0.29, 0.717) is 13.1 Å². The largest absolute Gasteiger partial charge is 0.467 e. The molecule has 1 saturated carbocycles. The molecule has 1 aromatic rings. The highest BCUT2D eigenvalue weighted by molar-refractivity contribution is 5.81. The number of esters is 1. The fraction of sp³-hybridized carbons (Fsp3) is 0.609. The molecule has 1 aliphatic carbocycles. The van der Waals surface area contributed by atoms with Crippen molar-refractivity contribution in [1.82, 2.24) is 10.2 Å². The van der Waals surface area contributed by atoms with Gasteiger partial charge in [-0.1, -0.05) is 30.3 Å². The van der Waals surface area contributed by atoms with Crippen molar-refractivity contribution in [3.63, 3.8) is 0 Å². The molecule has 3 rings (SSSR count). The molecular formula is C23H32N2O7. The Labute approximate surface area is 188 Å². The van der Waals surface area contributed by atoms with Gasteiger partial charge in [-0.25, -0.2) is 14.4 Å². The lowest BCUT2D eigenvalue weighted by Gasteiger charge is -2.58. The van der Waals surface area contributed by atoms with Gasteiger partial charge < -0.3 is 29.2 Å². The normalized spacial score (nSPS) is 18.2. The summed E-state index contributed by atoms with van der Waals surface area (Å²) in [6.07, 6.45) is 0.531. The SMILES string of the molecule is COC(=O)C(COC1CC2(C1)CN(C(=O)OC(C)(C)C)C2)NC(=O)OCc1ccccc1. The number of hydrogen-bond donors (Lipinski definition) is 1. The van der Waals surface area contributed by atoms with Gasteiger partial charge in [0.25, 0.3) is 0 Å². The third-order valence-electron chi connectivity index (χ3n) is 5.51. The predicted molar refractivity (Wildman–Crippen MR) is 115 cm³/mol. The van der Waals surface area contributed by atoms with Gasteiger partial charge in [0.05, 0.1) is 19.8 Å². The molecule has 1 atom stereocenters. The van der Waals surface area contributed by atoms with Gasteiger partial charge >= 0.3 is 18.2 Å². The van der Waals surface area contributed by atoms with Crippen molar-refractivity contribution in [3.05, 3.63) is 35.9 Å². The van der Waals surface area contributed by atoms with Gasteiger partial charge in [-0.2, -0.15) is 0 Å². The van der Waals surface area contributed by atoms with Crippen LogP contribution in [0.4, 0.5) is 9.59 Å². The van der Waals surface area contributed by atoms with Crippen molar-refractivity contribution in [3.8, 4) is 0 Å². The predicted octanol–water partition coefficient (Wildman–Crippen LogP) is 2.87. The Hall–Kier alpha value is -2.81. The quantitative estimate of drug-likeness (QED) is 0.505. The van der Waals surface area contributed by atoms with E-state index in [-0.39, 0.29) is 30.8 Å². The molecule has 2 amide bonds. The zero-order valence-electron chi connectivity index (χ0n) is 19.1. The van der Waals surface area contributed by atoms with Crippen molar-refractivity contribution in [2.24, 2.45) is 5.41 Å². The zero-order chi connectivity index (χ0) is 23.4. The van der Waals surface area contributed by atoms with Gasteiger partial charge in [-0.15, -0.1) is 0 Å². The molecular weight excluding hydrogens is 416 g/mol. The number of hydrogen-bond acceptors (Lipinski definition) is 7. The lowest BCUT2D eigenvalue weighted by molar-refractivity contribution is -0.159. The van der Waals surface area contributed by atoms with E-state index in [1.165, 1.54) is 7.11 Å². The first-order valence-electron chi connectivity index (χ1n) is 10.7. The number of rotatable bonds is 7. The van der Waals surface area contributed by atoms with Crippen LogP contribution in [0.3, 0.4) is 0 Å². The maximum absolute atomic E-state index is 12.1. The molecule has 0 radical (unpaired) electrons. The summed E-state index contributed by atoms with van der Waals surface area (Å²) in [7, 11) is 1.25. The van der Waals surface area contributed by atoms with E-state index in [1.54, 1.807) is 4.90 Å². The number of ether oxygens (including phenoxy) is 4. The molecule has 2 fully saturated rings. The van der Waals surface area contributed by atoms with E-state index < -0.39 is 23.7 Å². The Morgan fingerprint density at radius 1 is 1.16 bits per heavy atom. The Morgan fingerprint density at radius 3 is 2.41 bits per heavy atom. The first-order valence-corrected chi connectivity index (χ1v) is 10.7. The van der Waals surface area contributed by atoms with Crippen molar-refractivity contribution in [1.29, 1.82) is 0 Å². The van der Waals surface area contributed by atoms with Crippen LogP contribution in [0.15, 0.2) is 30.3 Å². The van der Waals surface area contributed by atoms with E-state index in [0.717, 1.165) is 18.4 Å². The zero-order valence-corrected chi connectivity index (χ0v) is 19.1. The van der Waals surface area contributed by atoms with Crippen LogP contribution in [0, 0.1) is 5.41 Å². The Morgan fingerprint density at radius 2 is 1.81 bits per heavy atom. The van der Waals surface area contributed by atoms with Crippen molar-refractivity contribution in [2.75, 3.05) is 26.8 Å². The molecule has 1 spiro atoms. The molecule has 1 N–H and O–H groups in total. The van der Waals surface area contributed by atoms with Crippen LogP contribution in [0.2, 0.25) is 0 Å². The van der Waals surface area contributed by atoms with Crippen LogP contribution in [0.25, 0.3) is 0 Å². The summed E-state index contributed by atoms with van der Waals surface area (Å²) in [4.78, 5) is 37.9. The smallest absolute Gasteiger partial charge is 0.410 e. The second-order valence-electron chi connectivity index (χ2n) is 9.48. The number of amides is 2. The second-order valence-corrected chi connectivity index (χ2v) is 9.48. The van der Waals surface area contributed by atoms with Crippen molar-refractivity contribution < 1.29 is 33.3 Å². The monoisotopic (exact) mass is 448 g/mol. The van der Waals surface area contributed by atoms with Crippen LogP contribution in [-0.2, 0) is 30.3 Å². The van der Waals surface area contributed by atoms with Gasteiger partial charge in [0.1, 0.15) is 12.2 Å². The van der Waals surface area contributed by atoms with Gasteiger partial charge in [-0.3, -0.25) is 0 Å². The third kappa shape index (κ3) is 6.35. The molecule has 0 bridgehead atoms. The number of alkyl carbamates (subject to hydrolysis) is 1. The highest BCUT2D eigenvalue weighted by Crippen LogP contribution is 2.49. The lowest BCUT2D eigenvalue weighted by atomic mass is 9.62. The summed E-state index contributed by atoms with van der Waals surface area (Å²) in [5.74, 6) is -0.601. The topological polar surface area (TPSA) is 103 Å². The summed E-state index contributed by atoms with van der Waals surface area (Å²) < 4.78 is 21.1. The van der Waals surface area contributed by atoms with Crippen LogP contribution < -0.4 is 5.32 Å². The Bertz CT molecular complexity index is 807. The van der Waals surface area contributed by atoms with E-state index >= 15 is 0 Å². The molecule has 1 unspecified atom stereocenters. The number of likely N-dealkylation sites (tertiary alicyclic amines) is 1. The summed E-state index contributed by atoms with van der Waals surface area (Å²) in [6.45, 7) is 6.91. The first-order chi connectivity index (χ1) is 15.1. The van der Waals surface area contributed by atoms with Crippen LogP contribution in [-0.4, -0.2) is 67.6 Å². The maximum Gasteiger partial charge on any atom is 0.410 e. The summed E-state index contributed by atoms with van der Waals surface area (Å²) >= 11 is 0. The van der Waals surface area contributed by atoms with E-state index in [9.17, 15) is 14.4 Å². The lowest BCUT2D eigenvalue weighted by Crippen LogP contribution is -2.66. The van der Waals surface area contributed by atoms with Gasteiger partial charge in [0.2, 0.25) is 0 Å². The molecule has 176 valence electrons. The fourth-order valence-corrected chi connectivity index (χ4v) is 3.95. The molecule has 1 heterocycles. The van der Waals surface area contributed by atoms with Gasteiger partial charge in [-0.05, 0) is 39.2 Å². The molecule has 1 saturated heterocycles. The number of methoxy groups -OCH3 is 1. The average molecular weight is 449 g/mol. The van der Waals surface area contributed by atoms with Crippen LogP contribution >= 0.6 is 0 Å². The molecule has 2 aliphatic rings. The maximum atomic E-state index is 12.1. The van der Waals surface area contributed by atoms with Crippen molar-refractivity contribution >= 4 is 18.2 Å². The molecule has 32 heavy (non-hydrogen) atoms. The second kappa shape index (κ2) is 9.77. The highest BCUT2D eigenvalue weighted by atomic mass is 16.6. The standard InChI is InChI=1S/C23H32N2O7/c1-22(2,3)32-21(28)25-14-23(15-25)10-17(11-23)30-13-18(19(26)29-4)24-20(27)31-12-16-8-6-5-7-9-16/h5-9,17-18H,10-15H2,1-4H3,(H,24,27). The molecule has 0 aromatic heterocycles. The molecule has 9 heteroatoms. The summed E-state index contributed by atoms with van der Waals surface area (Å²) in [5.41, 5.74) is 0.391. The summed E-state index contributed by atoms with van der Waals surface area (Å²) in [6, 6.07) is 8.29. The van der Waals surface area contributed by atoms with E-state index in [1.807, 2.05) is 51.1 Å². The van der Waals surface area contributed by atoms with Crippen LogP contribution in [0.1, 0.15) is 39.2 Å². The Kier molecular flexibility index (Phi) is 7.28. The molecule has 1 aliphatic heterocycles. The minimum absolute atomic E-state index is 0.0103. The number of nitrogens with one attached hydrogen (secondary N) is 1. The average Bonchev–Trinajstić information content (AvgIpc) is 2.67. The Balaban J connectivity index is 1.38. The molecule has 1 aromatic carbocycles. The number of carbonyl (C=O) groups excluding carboxylic acids is 3.